The maximum absolute atomic E-state index is 11.7. The van der Waals surface area contributed by atoms with Gasteiger partial charge in [0.05, 0.1) is 24.8 Å². The van der Waals surface area contributed by atoms with Crippen molar-refractivity contribution in [2.45, 2.75) is 25.0 Å². The summed E-state index contributed by atoms with van der Waals surface area (Å²) in [5.41, 5.74) is 1.97. The first-order chi connectivity index (χ1) is 13.0. The predicted molar refractivity (Wildman–Crippen MR) is 100 cm³/mol. The Morgan fingerprint density at radius 2 is 2.11 bits per heavy atom. The minimum absolute atomic E-state index is 0.0656. The highest BCUT2D eigenvalue weighted by atomic mass is 32.2. The molecule has 0 amide bonds. The molecular weight excluding hydrogens is 366 g/mol. The van der Waals surface area contributed by atoms with Crippen LogP contribution in [0.5, 0.6) is 0 Å². The van der Waals surface area contributed by atoms with Crippen molar-refractivity contribution in [1.82, 2.24) is 24.8 Å². The van der Waals surface area contributed by atoms with Crippen molar-refractivity contribution in [3.05, 3.63) is 60.3 Å². The molecule has 4 rings (SSSR count). The van der Waals surface area contributed by atoms with Gasteiger partial charge in [0.1, 0.15) is 5.82 Å². The normalized spacial score (nSPS) is 20.9. The van der Waals surface area contributed by atoms with E-state index >= 15 is 0 Å². The van der Waals surface area contributed by atoms with Gasteiger partial charge in [-0.2, -0.15) is 5.10 Å². The molecule has 9 heteroatoms. The molecule has 142 valence electrons. The van der Waals surface area contributed by atoms with Gasteiger partial charge in [-0.3, -0.25) is 10.00 Å². The van der Waals surface area contributed by atoms with Crippen LogP contribution in [0.4, 0.5) is 0 Å². The Hall–Kier alpha value is -2.49. The van der Waals surface area contributed by atoms with Gasteiger partial charge >= 0.3 is 0 Å². The van der Waals surface area contributed by atoms with Gasteiger partial charge in [0.25, 0.3) is 0 Å². The Balaban J connectivity index is 1.58. The molecule has 1 fully saturated rings. The molecule has 3 heterocycles. The fourth-order valence-electron chi connectivity index (χ4n) is 3.51. The third kappa shape index (κ3) is 4.26. The van der Waals surface area contributed by atoms with Gasteiger partial charge in [-0.15, -0.1) is 0 Å². The van der Waals surface area contributed by atoms with Crippen molar-refractivity contribution >= 4 is 10.0 Å². The average Bonchev–Trinajstić information content (AvgIpc) is 3.36. The first-order valence-corrected chi connectivity index (χ1v) is 10.6. The molecule has 0 unspecified atom stereocenters. The number of hydrogen-bond acceptors (Lipinski definition) is 6. The van der Waals surface area contributed by atoms with Crippen LogP contribution in [0.25, 0.3) is 11.4 Å². The summed E-state index contributed by atoms with van der Waals surface area (Å²) in [6.45, 7) is 1.23. The Kier molecular flexibility index (Phi) is 4.81. The van der Waals surface area contributed by atoms with E-state index in [1.807, 2.05) is 36.4 Å². The van der Waals surface area contributed by atoms with Crippen molar-refractivity contribution < 1.29 is 12.8 Å². The highest BCUT2D eigenvalue weighted by molar-refractivity contribution is 7.88. The second kappa shape index (κ2) is 7.26. The summed E-state index contributed by atoms with van der Waals surface area (Å²) >= 11 is 0. The molecule has 1 saturated heterocycles. The van der Waals surface area contributed by atoms with E-state index in [0.29, 0.717) is 25.3 Å². The Morgan fingerprint density at radius 1 is 1.30 bits per heavy atom. The smallest absolute Gasteiger partial charge is 0.208 e. The lowest BCUT2D eigenvalue weighted by Crippen LogP contribution is -2.36. The van der Waals surface area contributed by atoms with Gasteiger partial charge in [0, 0.05) is 30.3 Å². The van der Waals surface area contributed by atoms with E-state index in [-0.39, 0.29) is 12.1 Å². The van der Waals surface area contributed by atoms with Crippen LogP contribution >= 0.6 is 0 Å². The number of sulfonamides is 1. The van der Waals surface area contributed by atoms with E-state index < -0.39 is 10.0 Å². The van der Waals surface area contributed by atoms with Crippen LogP contribution < -0.4 is 4.72 Å². The van der Waals surface area contributed by atoms with Crippen molar-refractivity contribution in [1.29, 1.82) is 0 Å². The van der Waals surface area contributed by atoms with Crippen LogP contribution in [0.15, 0.2) is 53.3 Å². The lowest BCUT2D eigenvalue weighted by atomic mass is 10.1. The summed E-state index contributed by atoms with van der Waals surface area (Å²) < 4.78 is 31.2. The summed E-state index contributed by atoms with van der Waals surface area (Å²) in [5, 5.41) is 7.38. The van der Waals surface area contributed by atoms with Crippen molar-refractivity contribution in [2.24, 2.45) is 0 Å². The van der Waals surface area contributed by atoms with E-state index in [9.17, 15) is 8.42 Å². The number of H-pyrrole nitrogens is 1. The van der Waals surface area contributed by atoms with Gasteiger partial charge < -0.3 is 4.42 Å². The minimum Gasteiger partial charge on any atom is -0.472 e. The molecule has 2 aromatic heterocycles. The van der Waals surface area contributed by atoms with Crippen LogP contribution in [0.2, 0.25) is 0 Å². The molecule has 2 N–H and O–H groups in total. The zero-order valence-corrected chi connectivity index (χ0v) is 15.7. The van der Waals surface area contributed by atoms with E-state index in [2.05, 4.69) is 24.8 Å². The first-order valence-electron chi connectivity index (χ1n) is 8.68. The van der Waals surface area contributed by atoms with E-state index in [1.54, 1.807) is 12.5 Å². The van der Waals surface area contributed by atoms with E-state index in [1.165, 1.54) is 6.26 Å². The Morgan fingerprint density at radius 3 is 2.81 bits per heavy atom. The molecule has 8 nitrogen and oxygen atoms in total. The fraction of sp³-hybridized carbons (Fsp3) is 0.333. The van der Waals surface area contributed by atoms with Gasteiger partial charge in [-0.25, -0.2) is 18.1 Å². The third-order valence-electron chi connectivity index (χ3n) is 4.60. The highest BCUT2D eigenvalue weighted by Crippen LogP contribution is 2.32. The molecular formula is C18H21N5O3S. The van der Waals surface area contributed by atoms with Crippen molar-refractivity contribution in [2.75, 3.05) is 12.8 Å². The lowest BCUT2D eigenvalue weighted by molar-refractivity contribution is 0.238. The zero-order chi connectivity index (χ0) is 18.9. The highest BCUT2D eigenvalue weighted by Gasteiger charge is 2.36. The quantitative estimate of drug-likeness (QED) is 0.670. The maximum Gasteiger partial charge on any atom is 0.208 e. The fourth-order valence-corrected chi connectivity index (χ4v) is 4.28. The summed E-state index contributed by atoms with van der Waals surface area (Å²) in [5.74, 6) is 1.36. The topological polar surface area (TPSA) is 104 Å². The van der Waals surface area contributed by atoms with Crippen LogP contribution in [0.3, 0.4) is 0 Å². The van der Waals surface area contributed by atoms with Gasteiger partial charge in [0.15, 0.2) is 5.82 Å². The molecule has 0 spiro atoms. The first kappa shape index (κ1) is 17.9. The molecule has 1 aromatic carbocycles. The summed E-state index contributed by atoms with van der Waals surface area (Å²) in [7, 11) is -3.28. The van der Waals surface area contributed by atoms with Crippen LogP contribution in [-0.4, -0.2) is 47.3 Å². The molecule has 27 heavy (non-hydrogen) atoms. The molecule has 0 aliphatic carbocycles. The van der Waals surface area contributed by atoms with Gasteiger partial charge in [0.2, 0.25) is 10.0 Å². The summed E-state index contributed by atoms with van der Waals surface area (Å²) in [6, 6.07) is 11.4. The number of nitrogens with one attached hydrogen (secondary N) is 2. The molecule has 0 radical (unpaired) electrons. The molecule has 0 saturated carbocycles. The molecule has 3 aromatic rings. The minimum atomic E-state index is -3.28. The third-order valence-corrected chi connectivity index (χ3v) is 5.36. The number of benzene rings is 1. The molecule has 1 aliphatic heterocycles. The largest absolute Gasteiger partial charge is 0.472 e. The predicted octanol–water partition coefficient (Wildman–Crippen LogP) is 1.93. The molecule has 1 aliphatic rings. The monoisotopic (exact) mass is 387 g/mol. The Bertz CT molecular complexity index is 985. The van der Waals surface area contributed by atoms with Crippen molar-refractivity contribution in [3.63, 3.8) is 0 Å². The summed E-state index contributed by atoms with van der Waals surface area (Å²) in [4.78, 5) is 6.85. The average molecular weight is 387 g/mol. The second-order valence-electron chi connectivity index (χ2n) is 6.81. The number of aromatic amines is 1. The SMILES string of the molecule is CS(=O)(=O)N[C@H]1C[C@@H](c2nc(-c3ccccc3)n[nH]2)N(Cc2ccoc2)C1. The Labute approximate surface area is 157 Å². The number of aromatic nitrogens is 3. The lowest BCUT2D eigenvalue weighted by Gasteiger charge is -2.21. The standard InChI is InChI=1S/C18H21N5O3S/c1-27(24,25)22-15-9-16(23(11-15)10-13-7-8-26-12-13)18-19-17(20-21-18)14-5-3-2-4-6-14/h2-8,12,15-16,22H,9-11H2,1H3,(H,19,20,21)/t15-,16-/m0/s1. The number of furan rings is 1. The number of nitrogens with zero attached hydrogens (tertiary/aromatic N) is 3. The number of likely N-dealkylation sites (tertiary alicyclic amines) is 1. The maximum atomic E-state index is 11.7. The molecule has 0 bridgehead atoms. The number of hydrogen-bond donors (Lipinski definition) is 2. The summed E-state index contributed by atoms with van der Waals surface area (Å²) in [6.07, 6.45) is 5.13. The zero-order valence-electron chi connectivity index (χ0n) is 14.9. The van der Waals surface area contributed by atoms with Crippen molar-refractivity contribution in [3.8, 4) is 11.4 Å². The second-order valence-corrected chi connectivity index (χ2v) is 8.59. The molecule has 2 atom stereocenters. The van der Waals surface area contributed by atoms with Crippen LogP contribution in [0.1, 0.15) is 23.9 Å². The van der Waals surface area contributed by atoms with E-state index in [0.717, 1.165) is 17.0 Å². The van der Waals surface area contributed by atoms with Crippen LogP contribution in [0, 0.1) is 0 Å². The van der Waals surface area contributed by atoms with Crippen LogP contribution in [-0.2, 0) is 16.6 Å². The van der Waals surface area contributed by atoms with Gasteiger partial charge in [-0.1, -0.05) is 30.3 Å². The van der Waals surface area contributed by atoms with E-state index in [4.69, 9.17) is 4.42 Å². The number of rotatable bonds is 6. The van der Waals surface area contributed by atoms with Gasteiger partial charge in [-0.05, 0) is 12.5 Å².